The van der Waals surface area contributed by atoms with Crippen LogP contribution in [0.4, 0.5) is 0 Å². The molecule has 0 saturated heterocycles. The zero-order valence-electron chi connectivity index (χ0n) is 7.97. The third kappa shape index (κ3) is 3.56. The molecule has 0 aliphatic heterocycles. The molecule has 0 atom stereocenters. The molecule has 2 nitrogen and oxygen atoms in total. The van der Waals surface area contributed by atoms with Gasteiger partial charge in [0.05, 0.1) is 7.11 Å². The minimum Gasteiger partial charge on any atom is -0.467 e. The summed E-state index contributed by atoms with van der Waals surface area (Å²) in [6, 6.07) is 6.92. The van der Waals surface area contributed by atoms with E-state index in [0.717, 1.165) is 5.56 Å². The van der Waals surface area contributed by atoms with Gasteiger partial charge in [-0.15, -0.1) is 0 Å². The summed E-state index contributed by atoms with van der Waals surface area (Å²) in [5, 5.41) is 0.617. The zero-order chi connectivity index (χ0) is 11.5. The minimum absolute atomic E-state index is 0.181. The summed E-state index contributed by atoms with van der Waals surface area (Å²) < 4.78 is 2.93. The first-order chi connectivity index (χ1) is 6.95. The van der Waals surface area contributed by atoms with E-state index in [1.54, 1.807) is 24.3 Å². The fraction of sp³-hybridized carbons (Fsp3) is 0.300. The number of halogens is 3. The molecule has 0 unspecified atom stereocenters. The minimum atomic E-state index is -1.55. The van der Waals surface area contributed by atoms with Crippen LogP contribution in [0.1, 0.15) is 5.56 Å². The Hall–Kier alpha value is -0.440. The molecular formula is C10H9Cl3O2. The van der Waals surface area contributed by atoms with E-state index in [2.05, 4.69) is 4.74 Å². The number of hydrogen-bond donors (Lipinski definition) is 0. The monoisotopic (exact) mass is 266 g/mol. The highest BCUT2D eigenvalue weighted by atomic mass is 35.5. The Balaban J connectivity index is 2.77. The van der Waals surface area contributed by atoms with Gasteiger partial charge in [0.1, 0.15) is 0 Å². The van der Waals surface area contributed by atoms with E-state index in [0.29, 0.717) is 5.02 Å². The Bertz CT molecular complexity index is 346. The summed E-state index contributed by atoms with van der Waals surface area (Å²) in [6.07, 6.45) is 0.181. The number of hydrogen-bond acceptors (Lipinski definition) is 2. The standard InChI is InChI=1S/C10H9Cl3O2/c1-15-9(14)10(12,13)6-7-2-4-8(11)5-3-7/h2-5H,6H2,1H3. The summed E-state index contributed by atoms with van der Waals surface area (Å²) >= 11 is 17.4. The van der Waals surface area contributed by atoms with Crippen molar-refractivity contribution in [1.82, 2.24) is 0 Å². The fourth-order valence-corrected chi connectivity index (χ4v) is 1.67. The van der Waals surface area contributed by atoms with E-state index < -0.39 is 10.3 Å². The number of benzene rings is 1. The Morgan fingerprint density at radius 3 is 2.33 bits per heavy atom. The number of carbonyl (C=O) groups excluding carboxylic acids is 1. The topological polar surface area (TPSA) is 26.3 Å². The first-order valence-electron chi connectivity index (χ1n) is 4.16. The third-order valence-electron chi connectivity index (χ3n) is 1.82. The van der Waals surface area contributed by atoms with Crippen LogP contribution < -0.4 is 0 Å². The molecule has 1 rings (SSSR count). The SMILES string of the molecule is COC(=O)C(Cl)(Cl)Cc1ccc(Cl)cc1. The lowest BCUT2D eigenvalue weighted by atomic mass is 10.1. The van der Waals surface area contributed by atoms with Gasteiger partial charge in [-0.05, 0) is 17.7 Å². The second-order valence-corrected chi connectivity index (χ2v) is 4.92. The van der Waals surface area contributed by atoms with Gasteiger partial charge >= 0.3 is 5.97 Å². The van der Waals surface area contributed by atoms with Gasteiger partial charge in [0.15, 0.2) is 0 Å². The van der Waals surface area contributed by atoms with E-state index in [1.165, 1.54) is 7.11 Å². The molecule has 0 N–H and O–H groups in total. The molecule has 0 fully saturated rings. The lowest BCUT2D eigenvalue weighted by Crippen LogP contribution is -2.29. The summed E-state index contributed by atoms with van der Waals surface area (Å²) in [4.78, 5) is 11.2. The second-order valence-electron chi connectivity index (χ2n) is 3.00. The van der Waals surface area contributed by atoms with Crippen LogP contribution in [0.25, 0.3) is 0 Å². The quantitative estimate of drug-likeness (QED) is 0.621. The lowest BCUT2D eigenvalue weighted by molar-refractivity contribution is -0.141. The van der Waals surface area contributed by atoms with Crippen molar-refractivity contribution in [3.63, 3.8) is 0 Å². The number of carbonyl (C=O) groups is 1. The van der Waals surface area contributed by atoms with Crippen LogP contribution in [0.15, 0.2) is 24.3 Å². The maximum Gasteiger partial charge on any atom is 0.342 e. The molecule has 0 aliphatic rings. The van der Waals surface area contributed by atoms with E-state index in [-0.39, 0.29) is 6.42 Å². The summed E-state index contributed by atoms with van der Waals surface area (Å²) in [5.41, 5.74) is 0.815. The van der Waals surface area contributed by atoms with Crippen molar-refractivity contribution >= 4 is 40.8 Å². The highest BCUT2D eigenvalue weighted by Crippen LogP contribution is 2.27. The van der Waals surface area contributed by atoms with Gasteiger partial charge in [-0.3, -0.25) is 0 Å². The van der Waals surface area contributed by atoms with Crippen molar-refractivity contribution in [2.24, 2.45) is 0 Å². The van der Waals surface area contributed by atoms with Crippen molar-refractivity contribution in [3.8, 4) is 0 Å². The Morgan fingerprint density at radius 2 is 1.87 bits per heavy atom. The smallest absolute Gasteiger partial charge is 0.342 e. The number of methoxy groups -OCH3 is 1. The van der Waals surface area contributed by atoms with Crippen LogP contribution in [0.5, 0.6) is 0 Å². The van der Waals surface area contributed by atoms with E-state index in [1.807, 2.05) is 0 Å². The van der Waals surface area contributed by atoms with Gasteiger partial charge in [0.25, 0.3) is 0 Å². The van der Waals surface area contributed by atoms with E-state index >= 15 is 0 Å². The number of alkyl halides is 2. The summed E-state index contributed by atoms with van der Waals surface area (Å²) in [6.45, 7) is 0. The molecule has 15 heavy (non-hydrogen) atoms. The first-order valence-corrected chi connectivity index (χ1v) is 5.30. The van der Waals surface area contributed by atoms with Gasteiger partial charge in [-0.1, -0.05) is 46.9 Å². The molecule has 0 aliphatic carbocycles. The van der Waals surface area contributed by atoms with Gasteiger partial charge in [-0.2, -0.15) is 0 Å². The van der Waals surface area contributed by atoms with Gasteiger partial charge < -0.3 is 4.74 Å². The van der Waals surface area contributed by atoms with E-state index in [4.69, 9.17) is 34.8 Å². The van der Waals surface area contributed by atoms with Crippen molar-refractivity contribution in [2.45, 2.75) is 10.8 Å². The van der Waals surface area contributed by atoms with Gasteiger partial charge in [-0.25, -0.2) is 4.79 Å². The van der Waals surface area contributed by atoms with Crippen LogP contribution in [0, 0.1) is 0 Å². The van der Waals surface area contributed by atoms with Crippen molar-refractivity contribution < 1.29 is 9.53 Å². The maximum absolute atomic E-state index is 11.2. The predicted molar refractivity (Wildman–Crippen MR) is 61.6 cm³/mol. The molecule has 0 spiro atoms. The Labute approximate surface area is 103 Å². The van der Waals surface area contributed by atoms with Crippen molar-refractivity contribution in [1.29, 1.82) is 0 Å². The highest BCUT2D eigenvalue weighted by Gasteiger charge is 2.34. The molecule has 1 aromatic rings. The Morgan fingerprint density at radius 1 is 1.33 bits per heavy atom. The van der Waals surface area contributed by atoms with Crippen molar-refractivity contribution in [3.05, 3.63) is 34.9 Å². The number of rotatable bonds is 3. The van der Waals surface area contributed by atoms with Gasteiger partial charge in [0, 0.05) is 11.4 Å². The van der Waals surface area contributed by atoms with Crippen LogP contribution in [-0.2, 0) is 16.0 Å². The van der Waals surface area contributed by atoms with E-state index in [9.17, 15) is 4.79 Å². The van der Waals surface area contributed by atoms with Crippen molar-refractivity contribution in [2.75, 3.05) is 7.11 Å². The molecule has 0 aromatic heterocycles. The molecule has 1 aromatic carbocycles. The first kappa shape index (κ1) is 12.6. The molecule has 0 bridgehead atoms. The molecule has 0 radical (unpaired) electrons. The van der Waals surface area contributed by atoms with Gasteiger partial charge in [0.2, 0.25) is 4.33 Å². The molecule has 82 valence electrons. The van der Waals surface area contributed by atoms with Crippen LogP contribution in [0.3, 0.4) is 0 Å². The van der Waals surface area contributed by atoms with Crippen LogP contribution in [-0.4, -0.2) is 17.4 Å². The summed E-state index contributed by atoms with van der Waals surface area (Å²) in [5.74, 6) is -0.666. The van der Waals surface area contributed by atoms with Crippen LogP contribution >= 0.6 is 34.8 Å². The number of esters is 1. The predicted octanol–water partition coefficient (Wildman–Crippen LogP) is 3.23. The normalized spacial score (nSPS) is 11.2. The average molecular weight is 268 g/mol. The zero-order valence-corrected chi connectivity index (χ0v) is 10.2. The Kier molecular flexibility index (Phi) is 4.26. The third-order valence-corrected chi connectivity index (χ3v) is 2.65. The maximum atomic E-state index is 11.2. The average Bonchev–Trinajstić information content (AvgIpc) is 2.20. The highest BCUT2D eigenvalue weighted by molar-refractivity contribution is 6.57. The fourth-order valence-electron chi connectivity index (χ4n) is 1.08. The van der Waals surface area contributed by atoms with Crippen LogP contribution in [0.2, 0.25) is 5.02 Å². The second kappa shape index (κ2) is 5.06. The molecule has 5 heteroatoms. The largest absolute Gasteiger partial charge is 0.467 e. The molecular weight excluding hydrogens is 258 g/mol. The molecule has 0 heterocycles. The summed E-state index contributed by atoms with van der Waals surface area (Å²) in [7, 11) is 1.24. The molecule has 0 saturated carbocycles. The molecule has 0 amide bonds. The lowest BCUT2D eigenvalue weighted by Gasteiger charge is -2.16. The number of ether oxygens (including phenoxy) is 1.